The van der Waals surface area contributed by atoms with Gasteiger partial charge in [-0.3, -0.25) is 0 Å². The number of carbonyl (C=O) groups excluding carboxylic acids is 2. The van der Waals surface area contributed by atoms with Gasteiger partial charge >= 0.3 is 37.7 Å². The van der Waals surface area contributed by atoms with Crippen LogP contribution in [0.1, 0.15) is 65.2 Å². The van der Waals surface area contributed by atoms with E-state index in [2.05, 4.69) is 0 Å². The average molecular weight is 391 g/mol. The van der Waals surface area contributed by atoms with Gasteiger partial charge < -0.3 is 19.8 Å². The third-order valence-electron chi connectivity index (χ3n) is 2.44. The second kappa shape index (κ2) is 20.3. The monoisotopic (exact) mass is 390 g/mol. The molecule has 0 bridgehead atoms. The van der Waals surface area contributed by atoms with E-state index in [-0.39, 0.29) is 50.6 Å². The number of allylic oxidation sites excluding steroid dienone is 4. The Morgan fingerprint density at radius 3 is 1.30 bits per heavy atom. The number of carboxylic acid groups (broad SMARTS) is 2. The molecule has 0 aromatic carbocycles. The summed E-state index contributed by atoms with van der Waals surface area (Å²) in [5, 5.41) is 21.4. The molecule has 128 valence electrons. The molecule has 0 radical (unpaired) electrons. The standard InChI is InChI=1S/2C8H13ClO2.Ca/c2*1-2-4-7(9)5-3-6-8(10)11;/h2*4H,2-3,5-6H2,1H3,(H,10,11);/q;;+2/p-2/b2*7-4-;. The summed E-state index contributed by atoms with van der Waals surface area (Å²) in [7, 11) is 0. The predicted octanol–water partition coefficient (Wildman–Crippen LogP) is 2.50. The molecule has 0 aromatic heterocycles. The summed E-state index contributed by atoms with van der Waals surface area (Å²) in [4.78, 5) is 19.9. The third kappa shape index (κ3) is 27.4. The molecule has 0 atom stereocenters. The fraction of sp³-hybridized carbons (Fsp3) is 0.625. The first kappa shape index (κ1) is 28.1. The van der Waals surface area contributed by atoms with E-state index in [1.165, 1.54) is 0 Å². The van der Waals surface area contributed by atoms with Crippen LogP contribution in [0.15, 0.2) is 22.2 Å². The van der Waals surface area contributed by atoms with Crippen molar-refractivity contribution in [1.29, 1.82) is 0 Å². The van der Waals surface area contributed by atoms with Crippen molar-refractivity contribution in [3.63, 3.8) is 0 Å². The largest absolute Gasteiger partial charge is 2.00 e. The van der Waals surface area contributed by atoms with E-state index in [4.69, 9.17) is 23.2 Å². The molecular formula is C16H24CaCl2O4. The van der Waals surface area contributed by atoms with E-state index in [0.717, 1.165) is 22.9 Å². The zero-order chi connectivity index (χ0) is 17.4. The van der Waals surface area contributed by atoms with Crippen LogP contribution in [0.2, 0.25) is 0 Å². The summed E-state index contributed by atoms with van der Waals surface area (Å²) in [5.41, 5.74) is 0. The molecular weight excluding hydrogens is 367 g/mol. The summed E-state index contributed by atoms with van der Waals surface area (Å²) < 4.78 is 0. The molecule has 0 spiro atoms. The zero-order valence-corrected chi connectivity index (χ0v) is 17.6. The number of carbonyl (C=O) groups is 2. The molecule has 0 aliphatic carbocycles. The van der Waals surface area contributed by atoms with Gasteiger partial charge in [0.1, 0.15) is 0 Å². The minimum Gasteiger partial charge on any atom is -0.550 e. The van der Waals surface area contributed by atoms with Crippen molar-refractivity contribution in [1.82, 2.24) is 0 Å². The predicted molar refractivity (Wildman–Crippen MR) is 91.9 cm³/mol. The average Bonchev–Trinajstić information content (AvgIpc) is 2.39. The number of aliphatic carboxylic acids is 2. The van der Waals surface area contributed by atoms with Crippen molar-refractivity contribution in [2.75, 3.05) is 0 Å². The topological polar surface area (TPSA) is 80.3 Å². The number of halogens is 2. The first-order valence-electron chi connectivity index (χ1n) is 7.42. The Balaban J connectivity index is -0.000000333. The Morgan fingerprint density at radius 1 is 0.783 bits per heavy atom. The number of hydrogen-bond donors (Lipinski definition) is 0. The van der Waals surface area contributed by atoms with Gasteiger partial charge in [0.15, 0.2) is 0 Å². The molecule has 0 rings (SSSR count). The van der Waals surface area contributed by atoms with Crippen LogP contribution in [-0.4, -0.2) is 49.7 Å². The van der Waals surface area contributed by atoms with Crippen LogP contribution in [0.3, 0.4) is 0 Å². The van der Waals surface area contributed by atoms with Crippen LogP contribution in [0.5, 0.6) is 0 Å². The number of hydrogen-bond acceptors (Lipinski definition) is 4. The van der Waals surface area contributed by atoms with Crippen LogP contribution in [0.4, 0.5) is 0 Å². The van der Waals surface area contributed by atoms with Crippen LogP contribution in [0.25, 0.3) is 0 Å². The van der Waals surface area contributed by atoms with Crippen molar-refractivity contribution in [2.24, 2.45) is 0 Å². The van der Waals surface area contributed by atoms with E-state index in [1.54, 1.807) is 0 Å². The fourth-order valence-electron chi connectivity index (χ4n) is 1.45. The van der Waals surface area contributed by atoms with Gasteiger partial charge in [-0.05, 0) is 51.4 Å². The van der Waals surface area contributed by atoms with Crippen molar-refractivity contribution >= 4 is 72.9 Å². The Kier molecular flexibility index (Phi) is 24.8. The maximum Gasteiger partial charge on any atom is 2.00 e. The van der Waals surface area contributed by atoms with Crippen LogP contribution in [0, 0.1) is 0 Å². The Hall–Kier alpha value is 0.260. The van der Waals surface area contributed by atoms with E-state index in [0.29, 0.717) is 25.7 Å². The Bertz CT molecular complexity index is 346. The first-order valence-corrected chi connectivity index (χ1v) is 8.17. The number of rotatable bonds is 10. The summed E-state index contributed by atoms with van der Waals surface area (Å²) in [5.74, 6) is -2.02. The molecule has 0 fully saturated rings. The van der Waals surface area contributed by atoms with Crippen molar-refractivity contribution in [3.8, 4) is 0 Å². The fourth-order valence-corrected chi connectivity index (χ4v) is 2.03. The molecule has 4 nitrogen and oxygen atoms in total. The van der Waals surface area contributed by atoms with Gasteiger partial charge in [-0.2, -0.15) is 0 Å². The van der Waals surface area contributed by atoms with Gasteiger partial charge in [0.2, 0.25) is 0 Å². The Labute approximate surface area is 178 Å². The van der Waals surface area contributed by atoms with Crippen LogP contribution >= 0.6 is 23.2 Å². The first-order chi connectivity index (χ1) is 10.3. The molecule has 0 heterocycles. The second-order valence-corrected chi connectivity index (χ2v) is 5.54. The molecule has 0 saturated heterocycles. The zero-order valence-electron chi connectivity index (χ0n) is 13.9. The summed E-state index contributed by atoms with van der Waals surface area (Å²) in [6.07, 6.45) is 8.16. The second-order valence-electron chi connectivity index (χ2n) is 4.57. The van der Waals surface area contributed by atoms with Gasteiger partial charge in [-0.1, -0.05) is 49.2 Å². The molecule has 0 amide bonds. The van der Waals surface area contributed by atoms with Gasteiger partial charge in [0.25, 0.3) is 0 Å². The number of carboxylic acids is 2. The van der Waals surface area contributed by atoms with Gasteiger partial charge in [-0.15, -0.1) is 0 Å². The molecule has 0 aromatic rings. The minimum absolute atomic E-state index is 0. The SMILES string of the molecule is CC/C=C(\Cl)CCCC(=O)[O-].CC/C=C(\Cl)CCCC(=O)[O-].[Ca+2]. The normalized spacial score (nSPS) is 11.1. The van der Waals surface area contributed by atoms with Crippen LogP contribution < -0.4 is 10.2 Å². The smallest absolute Gasteiger partial charge is 0.550 e. The molecule has 0 saturated carbocycles. The van der Waals surface area contributed by atoms with Gasteiger partial charge in [0, 0.05) is 22.0 Å². The maximum atomic E-state index is 9.97. The van der Waals surface area contributed by atoms with Crippen molar-refractivity contribution in [3.05, 3.63) is 22.2 Å². The molecule has 23 heavy (non-hydrogen) atoms. The van der Waals surface area contributed by atoms with Gasteiger partial charge in [0.05, 0.1) is 0 Å². The molecule has 0 unspecified atom stereocenters. The van der Waals surface area contributed by atoms with E-state index in [1.807, 2.05) is 26.0 Å². The van der Waals surface area contributed by atoms with Crippen molar-refractivity contribution < 1.29 is 19.8 Å². The summed E-state index contributed by atoms with van der Waals surface area (Å²) in [6.45, 7) is 3.97. The molecule has 0 aliphatic rings. The van der Waals surface area contributed by atoms with E-state index >= 15 is 0 Å². The molecule has 0 N–H and O–H groups in total. The maximum absolute atomic E-state index is 9.97. The quantitative estimate of drug-likeness (QED) is 0.536. The van der Waals surface area contributed by atoms with E-state index < -0.39 is 11.9 Å². The Morgan fingerprint density at radius 2 is 1.09 bits per heavy atom. The van der Waals surface area contributed by atoms with E-state index in [9.17, 15) is 19.8 Å². The van der Waals surface area contributed by atoms with Crippen molar-refractivity contribution in [2.45, 2.75) is 65.2 Å². The van der Waals surface area contributed by atoms with Gasteiger partial charge in [-0.25, -0.2) is 0 Å². The molecule has 0 aliphatic heterocycles. The van der Waals surface area contributed by atoms with Crippen LogP contribution in [-0.2, 0) is 9.59 Å². The molecule has 7 heteroatoms. The summed E-state index contributed by atoms with van der Waals surface area (Å²) >= 11 is 11.4. The summed E-state index contributed by atoms with van der Waals surface area (Å²) in [6, 6.07) is 0. The third-order valence-corrected chi connectivity index (χ3v) is 3.13. The minimum atomic E-state index is -1.01.